The lowest BCUT2D eigenvalue weighted by Gasteiger charge is -2.24. The Morgan fingerprint density at radius 3 is 2.08 bits per heavy atom. The highest BCUT2D eigenvalue weighted by atomic mass is 16.4. The number of nitrogens with zero attached hydrogens (tertiary/aromatic N) is 1. The number of carboxylic acid groups (broad SMARTS) is 1. The maximum atomic E-state index is 10.6. The summed E-state index contributed by atoms with van der Waals surface area (Å²) >= 11 is 0. The van der Waals surface area contributed by atoms with Crippen molar-refractivity contribution >= 4 is 5.97 Å². The molecule has 0 rings (SSSR count). The largest absolute Gasteiger partial charge is 0.543 e. The van der Waals surface area contributed by atoms with Gasteiger partial charge in [-0.2, -0.15) is 0 Å². The summed E-state index contributed by atoms with van der Waals surface area (Å²) in [6, 6.07) is 0. The zero-order valence-electron chi connectivity index (χ0n) is 7.96. The third kappa shape index (κ3) is 2.95. The van der Waals surface area contributed by atoms with Crippen LogP contribution in [0, 0.1) is 0 Å². The number of hydrogen-bond donors (Lipinski definition) is 0. The molecule has 0 unspecified atom stereocenters. The summed E-state index contributed by atoms with van der Waals surface area (Å²) in [6.07, 6.45) is 2.40. The molecule has 0 atom stereocenters. The minimum absolute atomic E-state index is 0.308. The van der Waals surface area contributed by atoms with Gasteiger partial charge in [-0.3, -0.25) is 0 Å². The van der Waals surface area contributed by atoms with Crippen LogP contribution >= 0.6 is 0 Å². The first-order valence-corrected chi connectivity index (χ1v) is 4.33. The minimum atomic E-state index is -1.08. The summed E-state index contributed by atoms with van der Waals surface area (Å²) in [5.74, 6) is -1.08. The Bertz CT molecular complexity index is 171. The molecule has 0 radical (unpaired) electrons. The maximum Gasteiger partial charge on any atom is 0.0873 e. The first-order chi connectivity index (χ1) is 5.67. The average Bonchev–Trinajstić information content (AvgIpc) is 2.05. The molecule has 0 spiro atoms. The molecule has 3 nitrogen and oxygen atoms in total. The molecule has 0 fully saturated rings. The van der Waals surface area contributed by atoms with Crippen molar-refractivity contribution < 1.29 is 9.90 Å². The molecule has 0 aliphatic carbocycles. The third-order valence-corrected chi connectivity index (χ3v) is 1.71. The Labute approximate surface area is 73.7 Å². The Kier molecular flexibility index (Phi) is 5.17. The Balaban J connectivity index is 4.48. The van der Waals surface area contributed by atoms with Crippen molar-refractivity contribution in [2.75, 3.05) is 13.1 Å². The van der Waals surface area contributed by atoms with Crippen molar-refractivity contribution in [3.8, 4) is 0 Å². The fraction of sp³-hybridized carbons (Fsp3) is 0.667. The molecule has 12 heavy (non-hydrogen) atoms. The van der Waals surface area contributed by atoms with E-state index >= 15 is 0 Å². The fourth-order valence-electron chi connectivity index (χ4n) is 1.10. The van der Waals surface area contributed by atoms with Crippen molar-refractivity contribution in [2.24, 2.45) is 0 Å². The van der Waals surface area contributed by atoms with Gasteiger partial charge in [0.15, 0.2) is 0 Å². The zero-order chi connectivity index (χ0) is 9.56. The Hall–Kier alpha value is -0.990. The van der Waals surface area contributed by atoms with E-state index in [0.29, 0.717) is 18.8 Å². The van der Waals surface area contributed by atoms with Gasteiger partial charge in [0, 0.05) is 13.1 Å². The Morgan fingerprint density at radius 2 is 1.83 bits per heavy atom. The molecule has 0 N–H and O–H groups in total. The van der Waals surface area contributed by atoms with E-state index in [1.807, 2.05) is 20.8 Å². The van der Waals surface area contributed by atoms with E-state index in [9.17, 15) is 9.90 Å². The molecule has 70 valence electrons. The van der Waals surface area contributed by atoms with Gasteiger partial charge in [0.2, 0.25) is 0 Å². The van der Waals surface area contributed by atoms with E-state index in [1.165, 1.54) is 0 Å². The molecule has 0 saturated carbocycles. The number of allylic oxidation sites excluding steroid dienone is 1. The quantitative estimate of drug-likeness (QED) is 0.560. The van der Waals surface area contributed by atoms with Gasteiger partial charge in [-0.15, -0.1) is 0 Å². The molecule has 0 heterocycles. The number of carbonyl (C=O) groups is 1. The van der Waals surface area contributed by atoms with E-state index in [4.69, 9.17) is 0 Å². The van der Waals surface area contributed by atoms with Crippen LogP contribution in [0.3, 0.4) is 0 Å². The number of hydrogen-bond acceptors (Lipinski definition) is 3. The van der Waals surface area contributed by atoms with Gasteiger partial charge in [0.25, 0.3) is 0 Å². The smallest absolute Gasteiger partial charge is 0.0873 e. The molecule has 0 aromatic carbocycles. The van der Waals surface area contributed by atoms with Gasteiger partial charge in [-0.25, -0.2) is 0 Å². The van der Waals surface area contributed by atoms with Gasteiger partial charge in [-0.05, 0) is 20.3 Å². The topological polar surface area (TPSA) is 43.4 Å². The average molecular weight is 170 g/mol. The van der Waals surface area contributed by atoms with Crippen LogP contribution in [0.2, 0.25) is 0 Å². The minimum Gasteiger partial charge on any atom is -0.543 e. The molecule has 0 saturated heterocycles. The normalized spacial score (nSPS) is 11.4. The van der Waals surface area contributed by atoms with Crippen LogP contribution in [-0.4, -0.2) is 24.0 Å². The third-order valence-electron chi connectivity index (χ3n) is 1.71. The number of carboxylic acids is 1. The van der Waals surface area contributed by atoms with Crippen molar-refractivity contribution in [2.45, 2.75) is 27.2 Å². The zero-order valence-corrected chi connectivity index (χ0v) is 7.96. The van der Waals surface area contributed by atoms with Crippen molar-refractivity contribution in [3.05, 3.63) is 11.8 Å². The van der Waals surface area contributed by atoms with Crippen molar-refractivity contribution in [1.82, 2.24) is 4.90 Å². The summed E-state index contributed by atoms with van der Waals surface area (Å²) in [5, 5.41) is 10.6. The lowest BCUT2D eigenvalue weighted by molar-refractivity contribution is -0.301. The van der Waals surface area contributed by atoms with Crippen LogP contribution in [0.25, 0.3) is 0 Å². The fourth-order valence-corrected chi connectivity index (χ4v) is 1.10. The summed E-state index contributed by atoms with van der Waals surface area (Å²) in [4.78, 5) is 12.4. The molecule has 0 aromatic heterocycles. The first kappa shape index (κ1) is 11.0. The predicted octanol–water partition coefficient (Wildman–Crippen LogP) is 0.372. The molecule has 0 amide bonds. The molecule has 3 heteroatoms. The molecule has 0 aliphatic heterocycles. The molecule has 0 aromatic rings. The second kappa shape index (κ2) is 5.63. The highest BCUT2D eigenvalue weighted by Gasteiger charge is 2.04. The van der Waals surface area contributed by atoms with E-state index in [0.717, 1.165) is 6.42 Å². The molecule has 0 bridgehead atoms. The van der Waals surface area contributed by atoms with Crippen molar-refractivity contribution in [3.63, 3.8) is 0 Å². The SMILES string of the molecule is CC/C=C(\C(=O)[O-])N(CC)CC. The van der Waals surface area contributed by atoms with Crippen LogP contribution in [0.4, 0.5) is 0 Å². The van der Waals surface area contributed by atoms with Crippen LogP contribution in [0.1, 0.15) is 27.2 Å². The van der Waals surface area contributed by atoms with Gasteiger partial charge in [0.05, 0.1) is 11.7 Å². The summed E-state index contributed by atoms with van der Waals surface area (Å²) in [5.41, 5.74) is 0.308. The van der Waals surface area contributed by atoms with Crippen LogP contribution < -0.4 is 5.11 Å². The van der Waals surface area contributed by atoms with Gasteiger partial charge >= 0.3 is 0 Å². The second-order valence-electron chi connectivity index (χ2n) is 2.46. The van der Waals surface area contributed by atoms with E-state index in [-0.39, 0.29) is 0 Å². The van der Waals surface area contributed by atoms with Crippen LogP contribution in [0.5, 0.6) is 0 Å². The van der Waals surface area contributed by atoms with Gasteiger partial charge in [-0.1, -0.05) is 13.0 Å². The highest BCUT2D eigenvalue weighted by Crippen LogP contribution is 2.03. The standard InChI is InChI=1S/C9H17NO2/c1-4-7-8(9(11)12)10(5-2)6-3/h7H,4-6H2,1-3H3,(H,11,12)/p-1/b8-7+. The lowest BCUT2D eigenvalue weighted by Crippen LogP contribution is -2.35. The number of aliphatic carboxylic acids is 1. The lowest BCUT2D eigenvalue weighted by atomic mass is 10.3. The van der Waals surface area contributed by atoms with E-state index in [1.54, 1.807) is 11.0 Å². The predicted molar refractivity (Wildman–Crippen MR) is 46.3 cm³/mol. The van der Waals surface area contributed by atoms with Crippen molar-refractivity contribution in [1.29, 1.82) is 0 Å². The second-order valence-corrected chi connectivity index (χ2v) is 2.46. The molecular formula is C9H16NO2-. The maximum absolute atomic E-state index is 10.6. The number of likely N-dealkylation sites (N-methyl/N-ethyl adjacent to an activating group) is 1. The number of carbonyl (C=O) groups excluding carboxylic acids is 1. The van der Waals surface area contributed by atoms with Crippen LogP contribution in [-0.2, 0) is 4.79 Å². The van der Waals surface area contributed by atoms with E-state index < -0.39 is 5.97 Å². The van der Waals surface area contributed by atoms with Gasteiger partial charge in [0.1, 0.15) is 0 Å². The van der Waals surface area contributed by atoms with E-state index in [2.05, 4.69) is 0 Å². The summed E-state index contributed by atoms with van der Waals surface area (Å²) in [7, 11) is 0. The molecule has 0 aliphatic rings. The first-order valence-electron chi connectivity index (χ1n) is 4.33. The summed E-state index contributed by atoms with van der Waals surface area (Å²) in [6.45, 7) is 7.17. The number of rotatable bonds is 5. The highest BCUT2D eigenvalue weighted by molar-refractivity contribution is 5.83. The monoisotopic (exact) mass is 170 g/mol. The summed E-state index contributed by atoms with van der Waals surface area (Å²) < 4.78 is 0. The molecular weight excluding hydrogens is 154 g/mol. The van der Waals surface area contributed by atoms with Gasteiger partial charge < -0.3 is 14.8 Å². The Morgan fingerprint density at radius 1 is 1.33 bits per heavy atom. The van der Waals surface area contributed by atoms with Crippen LogP contribution in [0.15, 0.2) is 11.8 Å².